The molecule has 0 N–H and O–H groups in total. The van der Waals surface area contributed by atoms with Gasteiger partial charge in [0.25, 0.3) is 0 Å². The monoisotopic (exact) mass is 275 g/mol. The van der Waals surface area contributed by atoms with Crippen molar-refractivity contribution < 1.29 is 0 Å². The molecular weight excluding hydrogens is 242 g/mol. The number of hydrogen-bond donors (Lipinski definition) is 0. The van der Waals surface area contributed by atoms with Crippen LogP contribution in [0.25, 0.3) is 0 Å². The molecule has 1 nitrogen and oxygen atoms in total. The van der Waals surface area contributed by atoms with Crippen LogP contribution in [0.4, 0.5) is 0 Å². The average Bonchev–Trinajstić information content (AvgIpc) is 2.38. The molecule has 0 aliphatic heterocycles. The van der Waals surface area contributed by atoms with E-state index in [0.29, 0.717) is 11.8 Å². The standard InChI is InChI=1S/C19H33N/c1-8-12-20(17(6)7)14-19(16(4)5)11-9-10-18(13-19)15(2)3/h9-10,13,15-16H,6,8,11-12,14H2,1-5,7H3/t19-/m0/s1. The number of allylic oxidation sites excluding steroid dienone is 4. The molecule has 0 aromatic rings. The lowest BCUT2D eigenvalue weighted by atomic mass is 9.69. The van der Waals surface area contributed by atoms with Gasteiger partial charge in [0.05, 0.1) is 0 Å². The third-order valence-electron chi connectivity index (χ3n) is 4.60. The van der Waals surface area contributed by atoms with Gasteiger partial charge in [-0.3, -0.25) is 0 Å². The molecule has 1 aliphatic rings. The molecule has 1 rings (SSSR count). The zero-order valence-corrected chi connectivity index (χ0v) is 14.4. The first kappa shape index (κ1) is 17.1. The Morgan fingerprint density at radius 3 is 2.45 bits per heavy atom. The summed E-state index contributed by atoms with van der Waals surface area (Å²) in [6.45, 7) is 20.0. The van der Waals surface area contributed by atoms with E-state index in [1.807, 2.05) is 0 Å². The maximum absolute atomic E-state index is 4.17. The van der Waals surface area contributed by atoms with Crippen LogP contribution in [0.15, 0.2) is 36.1 Å². The van der Waals surface area contributed by atoms with Gasteiger partial charge in [0.15, 0.2) is 0 Å². The average molecular weight is 275 g/mol. The molecule has 1 aliphatic carbocycles. The summed E-state index contributed by atoms with van der Waals surface area (Å²) in [4.78, 5) is 2.47. The molecule has 0 aromatic heterocycles. The molecule has 1 atom stereocenters. The first-order valence-corrected chi connectivity index (χ1v) is 8.12. The zero-order valence-electron chi connectivity index (χ0n) is 14.4. The van der Waals surface area contributed by atoms with Crippen molar-refractivity contribution >= 4 is 0 Å². The Morgan fingerprint density at radius 1 is 1.35 bits per heavy atom. The van der Waals surface area contributed by atoms with Crippen LogP contribution in [0.3, 0.4) is 0 Å². The summed E-state index contributed by atoms with van der Waals surface area (Å²) in [7, 11) is 0. The van der Waals surface area contributed by atoms with Gasteiger partial charge in [0.1, 0.15) is 0 Å². The molecule has 0 radical (unpaired) electrons. The van der Waals surface area contributed by atoms with E-state index in [4.69, 9.17) is 0 Å². The molecule has 0 unspecified atom stereocenters. The van der Waals surface area contributed by atoms with Crippen molar-refractivity contribution in [2.24, 2.45) is 17.3 Å². The fraction of sp³-hybridized carbons (Fsp3) is 0.684. The smallest absolute Gasteiger partial charge is 0.0271 e. The highest BCUT2D eigenvalue weighted by atomic mass is 15.1. The van der Waals surface area contributed by atoms with Crippen LogP contribution >= 0.6 is 0 Å². The molecule has 0 bridgehead atoms. The van der Waals surface area contributed by atoms with Crippen molar-refractivity contribution in [3.05, 3.63) is 36.1 Å². The Bertz CT molecular complexity index is 387. The number of nitrogens with zero attached hydrogens (tertiary/aromatic N) is 1. The molecule has 0 heterocycles. The highest BCUT2D eigenvalue weighted by Crippen LogP contribution is 2.40. The van der Waals surface area contributed by atoms with Gasteiger partial charge in [-0.1, -0.05) is 59.4 Å². The fourth-order valence-corrected chi connectivity index (χ4v) is 2.94. The maximum Gasteiger partial charge on any atom is 0.0271 e. The zero-order chi connectivity index (χ0) is 15.3. The van der Waals surface area contributed by atoms with E-state index in [-0.39, 0.29) is 5.41 Å². The lowest BCUT2D eigenvalue weighted by molar-refractivity contribution is 0.171. The fourth-order valence-electron chi connectivity index (χ4n) is 2.94. The molecule has 0 spiro atoms. The molecule has 20 heavy (non-hydrogen) atoms. The minimum Gasteiger partial charge on any atom is -0.375 e. The quantitative estimate of drug-likeness (QED) is 0.600. The van der Waals surface area contributed by atoms with Crippen molar-refractivity contribution in [3.8, 4) is 0 Å². The lowest BCUT2D eigenvalue weighted by Gasteiger charge is -2.42. The van der Waals surface area contributed by atoms with Crippen LogP contribution in [-0.4, -0.2) is 18.0 Å². The summed E-state index contributed by atoms with van der Waals surface area (Å²) in [6, 6.07) is 0. The van der Waals surface area contributed by atoms with E-state index < -0.39 is 0 Å². The van der Waals surface area contributed by atoms with E-state index in [9.17, 15) is 0 Å². The molecule has 0 saturated heterocycles. The summed E-state index contributed by atoms with van der Waals surface area (Å²) in [5, 5.41) is 0. The third kappa shape index (κ3) is 4.01. The third-order valence-corrected chi connectivity index (χ3v) is 4.60. The van der Waals surface area contributed by atoms with Gasteiger partial charge < -0.3 is 4.90 Å². The van der Waals surface area contributed by atoms with Crippen LogP contribution in [0.2, 0.25) is 0 Å². The molecule has 114 valence electrons. The normalized spacial score (nSPS) is 22.3. The summed E-state index contributed by atoms with van der Waals surface area (Å²) >= 11 is 0. The second kappa shape index (κ2) is 7.15. The van der Waals surface area contributed by atoms with Crippen LogP contribution in [0, 0.1) is 17.3 Å². The van der Waals surface area contributed by atoms with Crippen molar-refractivity contribution in [2.75, 3.05) is 13.1 Å². The number of hydrogen-bond acceptors (Lipinski definition) is 1. The minimum absolute atomic E-state index is 0.252. The number of rotatable bonds is 7. The van der Waals surface area contributed by atoms with Gasteiger partial charge in [0, 0.05) is 24.2 Å². The summed E-state index contributed by atoms with van der Waals surface area (Å²) in [5.74, 6) is 1.24. The van der Waals surface area contributed by atoms with Crippen molar-refractivity contribution in [1.82, 2.24) is 4.90 Å². The summed E-state index contributed by atoms with van der Waals surface area (Å²) in [5.41, 5.74) is 2.94. The van der Waals surface area contributed by atoms with Crippen molar-refractivity contribution in [3.63, 3.8) is 0 Å². The van der Waals surface area contributed by atoms with E-state index in [1.54, 1.807) is 0 Å². The molecule has 0 saturated carbocycles. The van der Waals surface area contributed by atoms with Crippen molar-refractivity contribution in [2.45, 2.75) is 54.4 Å². The van der Waals surface area contributed by atoms with E-state index in [0.717, 1.165) is 19.5 Å². The largest absolute Gasteiger partial charge is 0.375 e. The van der Waals surface area contributed by atoms with Gasteiger partial charge in [-0.15, -0.1) is 0 Å². The highest BCUT2D eigenvalue weighted by Gasteiger charge is 2.34. The van der Waals surface area contributed by atoms with Gasteiger partial charge in [-0.2, -0.15) is 0 Å². The van der Waals surface area contributed by atoms with Crippen LogP contribution in [-0.2, 0) is 0 Å². The molecule has 0 fully saturated rings. The SMILES string of the molecule is C=C(C)N(CCC)C[C@@]1(C(C)C)C=C(C(C)C)C=CC1. The first-order chi connectivity index (χ1) is 9.32. The van der Waals surface area contributed by atoms with E-state index in [1.165, 1.54) is 17.7 Å². The first-order valence-electron chi connectivity index (χ1n) is 8.12. The van der Waals surface area contributed by atoms with Gasteiger partial charge in [-0.05, 0) is 37.2 Å². The predicted octanol–water partition coefficient (Wildman–Crippen LogP) is 5.42. The molecule has 0 amide bonds. The topological polar surface area (TPSA) is 3.24 Å². The Kier molecular flexibility index (Phi) is 6.10. The Balaban J connectivity index is 3.04. The second-order valence-corrected chi connectivity index (χ2v) is 6.95. The van der Waals surface area contributed by atoms with Crippen LogP contribution < -0.4 is 0 Å². The van der Waals surface area contributed by atoms with Gasteiger partial charge >= 0.3 is 0 Å². The summed E-state index contributed by atoms with van der Waals surface area (Å²) in [6.07, 6.45) is 9.56. The summed E-state index contributed by atoms with van der Waals surface area (Å²) < 4.78 is 0. The minimum atomic E-state index is 0.252. The Morgan fingerprint density at radius 2 is 2.00 bits per heavy atom. The van der Waals surface area contributed by atoms with E-state index >= 15 is 0 Å². The van der Waals surface area contributed by atoms with Crippen molar-refractivity contribution in [1.29, 1.82) is 0 Å². The van der Waals surface area contributed by atoms with Gasteiger partial charge in [0.2, 0.25) is 0 Å². The lowest BCUT2D eigenvalue weighted by Crippen LogP contribution is -2.40. The second-order valence-electron chi connectivity index (χ2n) is 6.95. The van der Waals surface area contributed by atoms with Gasteiger partial charge in [-0.25, -0.2) is 0 Å². The Hall–Kier alpha value is -0.980. The molecular formula is C19H33N. The Labute approximate surface area is 126 Å². The highest BCUT2D eigenvalue weighted by molar-refractivity contribution is 5.29. The maximum atomic E-state index is 4.17. The molecule has 0 aromatic carbocycles. The predicted molar refractivity (Wildman–Crippen MR) is 90.6 cm³/mol. The molecule has 1 heteroatoms. The van der Waals surface area contributed by atoms with Crippen LogP contribution in [0.5, 0.6) is 0 Å². The van der Waals surface area contributed by atoms with Crippen LogP contribution in [0.1, 0.15) is 54.4 Å². The van der Waals surface area contributed by atoms with E-state index in [2.05, 4.69) is 71.2 Å².